The fraction of sp³-hybridized carbons (Fsp3) is 0.286. The van der Waals surface area contributed by atoms with E-state index in [0.717, 1.165) is 11.3 Å². The largest absolute Gasteiger partial charge is 0.497 e. The van der Waals surface area contributed by atoms with Crippen molar-refractivity contribution in [1.29, 1.82) is 0 Å². The average Bonchev–Trinajstić information content (AvgIpc) is 3.25. The Labute approximate surface area is 169 Å². The zero-order valence-corrected chi connectivity index (χ0v) is 16.8. The summed E-state index contributed by atoms with van der Waals surface area (Å²) in [5, 5.41) is 4.01. The van der Waals surface area contributed by atoms with Gasteiger partial charge >= 0.3 is 0 Å². The molecule has 0 saturated heterocycles. The summed E-state index contributed by atoms with van der Waals surface area (Å²) in [5.41, 5.74) is 1.20. The molecule has 3 aromatic rings. The van der Waals surface area contributed by atoms with E-state index < -0.39 is 0 Å². The Morgan fingerprint density at radius 3 is 2.41 bits per heavy atom. The molecule has 2 aromatic carbocycles. The predicted molar refractivity (Wildman–Crippen MR) is 106 cm³/mol. The third-order valence-electron chi connectivity index (χ3n) is 4.44. The van der Waals surface area contributed by atoms with Crippen LogP contribution in [0, 0.1) is 0 Å². The van der Waals surface area contributed by atoms with Gasteiger partial charge in [0, 0.05) is 12.1 Å². The van der Waals surface area contributed by atoms with Gasteiger partial charge in [-0.25, -0.2) is 0 Å². The number of ether oxygens (including phenoxy) is 3. The molecule has 0 fully saturated rings. The quantitative estimate of drug-likeness (QED) is 0.575. The summed E-state index contributed by atoms with van der Waals surface area (Å²) in [6.07, 6.45) is 0. The minimum Gasteiger partial charge on any atom is -0.497 e. The smallest absolute Gasteiger partial charge is 0.258 e. The molecule has 0 unspecified atom stereocenters. The number of aromatic nitrogens is 2. The number of methoxy groups -OCH3 is 3. The van der Waals surface area contributed by atoms with Crippen molar-refractivity contribution in [3.8, 4) is 28.6 Å². The molecule has 29 heavy (non-hydrogen) atoms. The Hall–Kier alpha value is -3.55. The van der Waals surface area contributed by atoms with Crippen LogP contribution in [0.1, 0.15) is 23.2 Å². The number of amides is 1. The lowest BCUT2D eigenvalue weighted by atomic mass is 10.1. The van der Waals surface area contributed by atoms with Crippen LogP contribution in [0.4, 0.5) is 0 Å². The molecular formula is C21H23N3O5. The second kappa shape index (κ2) is 9.09. The lowest BCUT2D eigenvalue weighted by Crippen LogP contribution is -2.30. The highest BCUT2D eigenvalue weighted by atomic mass is 16.5. The fourth-order valence-corrected chi connectivity index (χ4v) is 2.89. The molecule has 1 amide bonds. The van der Waals surface area contributed by atoms with Crippen LogP contribution in [-0.4, -0.2) is 48.8 Å². The second-order valence-corrected chi connectivity index (χ2v) is 6.10. The summed E-state index contributed by atoms with van der Waals surface area (Å²) in [6.45, 7) is 2.52. The van der Waals surface area contributed by atoms with Crippen LogP contribution in [0.25, 0.3) is 11.4 Å². The van der Waals surface area contributed by atoms with E-state index in [2.05, 4.69) is 10.1 Å². The van der Waals surface area contributed by atoms with Crippen LogP contribution in [0.15, 0.2) is 47.0 Å². The van der Waals surface area contributed by atoms with E-state index in [1.165, 1.54) is 14.2 Å². The topological polar surface area (TPSA) is 86.9 Å². The van der Waals surface area contributed by atoms with Crippen molar-refractivity contribution < 1.29 is 23.5 Å². The van der Waals surface area contributed by atoms with Crippen molar-refractivity contribution in [2.45, 2.75) is 13.5 Å². The molecule has 0 aliphatic heterocycles. The first-order valence-electron chi connectivity index (χ1n) is 9.08. The number of benzene rings is 2. The van der Waals surface area contributed by atoms with Crippen LogP contribution >= 0.6 is 0 Å². The number of rotatable bonds is 8. The third kappa shape index (κ3) is 4.31. The van der Waals surface area contributed by atoms with Crippen LogP contribution in [-0.2, 0) is 6.54 Å². The van der Waals surface area contributed by atoms with Crippen molar-refractivity contribution >= 4 is 5.91 Å². The van der Waals surface area contributed by atoms with Gasteiger partial charge in [-0.15, -0.1) is 0 Å². The normalized spacial score (nSPS) is 10.5. The molecule has 0 radical (unpaired) electrons. The fourth-order valence-electron chi connectivity index (χ4n) is 2.89. The number of nitrogens with zero attached hydrogens (tertiary/aromatic N) is 3. The Kier molecular flexibility index (Phi) is 6.33. The van der Waals surface area contributed by atoms with Gasteiger partial charge in [0.2, 0.25) is 11.7 Å². The van der Waals surface area contributed by atoms with Crippen molar-refractivity contribution in [2.24, 2.45) is 0 Å². The van der Waals surface area contributed by atoms with E-state index in [0.29, 0.717) is 35.3 Å². The molecule has 0 atom stereocenters. The number of carbonyl (C=O) groups is 1. The number of hydrogen-bond donors (Lipinski definition) is 0. The van der Waals surface area contributed by atoms with Crippen LogP contribution < -0.4 is 14.2 Å². The molecule has 1 heterocycles. The Balaban J connectivity index is 1.80. The number of para-hydroxylation sites is 1. The van der Waals surface area contributed by atoms with Gasteiger partial charge in [0.15, 0.2) is 11.5 Å². The Morgan fingerprint density at radius 2 is 1.79 bits per heavy atom. The summed E-state index contributed by atoms with van der Waals surface area (Å²) in [6, 6.07) is 12.5. The molecule has 0 saturated carbocycles. The highest BCUT2D eigenvalue weighted by molar-refractivity contribution is 5.97. The van der Waals surface area contributed by atoms with E-state index in [4.69, 9.17) is 18.7 Å². The molecule has 0 N–H and O–H groups in total. The molecule has 0 aliphatic rings. The predicted octanol–water partition coefficient (Wildman–Crippen LogP) is 3.42. The maximum Gasteiger partial charge on any atom is 0.258 e. The van der Waals surface area contributed by atoms with E-state index in [-0.39, 0.29) is 12.5 Å². The van der Waals surface area contributed by atoms with Crippen molar-refractivity contribution in [3.63, 3.8) is 0 Å². The molecule has 3 rings (SSSR count). The summed E-state index contributed by atoms with van der Waals surface area (Å²) < 4.78 is 21.2. The van der Waals surface area contributed by atoms with Gasteiger partial charge in [-0.3, -0.25) is 4.79 Å². The Morgan fingerprint density at radius 1 is 1.03 bits per heavy atom. The maximum atomic E-state index is 13.1. The molecule has 152 valence electrons. The monoisotopic (exact) mass is 397 g/mol. The van der Waals surface area contributed by atoms with Gasteiger partial charge in [-0.1, -0.05) is 11.2 Å². The highest BCUT2D eigenvalue weighted by Crippen LogP contribution is 2.31. The van der Waals surface area contributed by atoms with E-state index in [9.17, 15) is 4.79 Å². The van der Waals surface area contributed by atoms with Crippen molar-refractivity contribution in [1.82, 2.24) is 15.0 Å². The molecule has 8 heteroatoms. The van der Waals surface area contributed by atoms with Crippen LogP contribution in [0.3, 0.4) is 0 Å². The summed E-state index contributed by atoms with van der Waals surface area (Å²) in [5.74, 6) is 2.20. The second-order valence-electron chi connectivity index (χ2n) is 6.10. The first-order chi connectivity index (χ1) is 14.1. The molecule has 0 aliphatic carbocycles. The van der Waals surface area contributed by atoms with Gasteiger partial charge in [0.25, 0.3) is 5.91 Å². The van der Waals surface area contributed by atoms with Crippen LogP contribution in [0.5, 0.6) is 17.2 Å². The van der Waals surface area contributed by atoms with Crippen molar-refractivity contribution in [3.05, 3.63) is 53.9 Å². The van der Waals surface area contributed by atoms with Gasteiger partial charge in [0.05, 0.1) is 26.9 Å². The summed E-state index contributed by atoms with van der Waals surface area (Å²) in [4.78, 5) is 19.1. The molecule has 0 spiro atoms. The van der Waals surface area contributed by atoms with E-state index in [1.807, 2.05) is 31.2 Å². The highest BCUT2D eigenvalue weighted by Gasteiger charge is 2.23. The third-order valence-corrected chi connectivity index (χ3v) is 4.44. The molecule has 8 nitrogen and oxygen atoms in total. The van der Waals surface area contributed by atoms with Gasteiger partial charge < -0.3 is 23.6 Å². The van der Waals surface area contributed by atoms with Crippen molar-refractivity contribution in [2.75, 3.05) is 27.9 Å². The van der Waals surface area contributed by atoms with E-state index >= 15 is 0 Å². The van der Waals surface area contributed by atoms with Crippen LogP contribution in [0.2, 0.25) is 0 Å². The Bertz CT molecular complexity index is 969. The number of carbonyl (C=O) groups excluding carboxylic acids is 1. The van der Waals surface area contributed by atoms with E-state index in [1.54, 1.807) is 30.2 Å². The number of hydrogen-bond acceptors (Lipinski definition) is 7. The lowest BCUT2D eigenvalue weighted by Gasteiger charge is -2.20. The van der Waals surface area contributed by atoms with Gasteiger partial charge in [-0.2, -0.15) is 4.98 Å². The molecular weight excluding hydrogens is 374 g/mol. The standard InChI is InChI=1S/C21H23N3O5/c1-5-24(21(25)16-7-6-8-17(27-3)19(16)28-4)13-18-22-20(23-29-18)14-9-11-15(26-2)12-10-14/h6-12H,5,13H2,1-4H3. The zero-order valence-electron chi connectivity index (χ0n) is 16.8. The minimum absolute atomic E-state index is 0.179. The first kappa shape index (κ1) is 20.2. The minimum atomic E-state index is -0.215. The molecule has 1 aromatic heterocycles. The zero-order chi connectivity index (χ0) is 20.8. The lowest BCUT2D eigenvalue weighted by molar-refractivity contribution is 0.0730. The average molecular weight is 397 g/mol. The first-order valence-corrected chi connectivity index (χ1v) is 9.08. The maximum absolute atomic E-state index is 13.1. The summed E-state index contributed by atoms with van der Waals surface area (Å²) in [7, 11) is 4.64. The summed E-state index contributed by atoms with van der Waals surface area (Å²) >= 11 is 0. The van der Waals surface area contributed by atoms with Gasteiger partial charge in [-0.05, 0) is 43.3 Å². The SMILES string of the molecule is CCN(Cc1nc(-c2ccc(OC)cc2)no1)C(=O)c1cccc(OC)c1OC. The molecule has 0 bridgehead atoms. The van der Waals surface area contributed by atoms with Gasteiger partial charge in [0.1, 0.15) is 12.3 Å².